The van der Waals surface area contributed by atoms with Gasteiger partial charge in [0.25, 0.3) is 5.91 Å². The Morgan fingerprint density at radius 1 is 1.28 bits per heavy atom. The molecule has 140 valence electrons. The third kappa shape index (κ3) is 5.12. The Bertz CT molecular complexity index is 568. The topological polar surface area (TPSA) is 61.1 Å². The monoisotopic (exact) mass is 460 g/mol. The van der Waals surface area contributed by atoms with Crippen LogP contribution in [-0.2, 0) is 0 Å². The number of aliphatic imine (C=N–C) groups is 1. The Labute approximate surface area is 167 Å². The Hall–Kier alpha value is -1.25. The van der Waals surface area contributed by atoms with Crippen molar-refractivity contribution in [1.29, 1.82) is 0 Å². The minimum Gasteiger partial charge on any atom is -0.459 e. The van der Waals surface area contributed by atoms with Gasteiger partial charge in [0.05, 0.1) is 6.26 Å². The van der Waals surface area contributed by atoms with Crippen LogP contribution in [0.2, 0.25) is 0 Å². The number of nitrogens with one attached hydrogen (secondary N) is 1. The molecule has 2 heterocycles. The number of carbonyl (C=O) groups is 1. The first-order valence-corrected chi connectivity index (χ1v) is 9.11. The molecule has 0 bridgehead atoms. The maximum absolute atomic E-state index is 12.3. The first kappa shape index (κ1) is 20.1. The largest absolute Gasteiger partial charge is 0.459 e. The molecule has 0 aromatic carbocycles. The number of halogens is 1. The molecule has 1 aromatic rings. The van der Waals surface area contributed by atoms with Crippen LogP contribution in [0.3, 0.4) is 0 Å². The van der Waals surface area contributed by atoms with Gasteiger partial charge in [-0.25, -0.2) is 0 Å². The molecule has 1 aromatic heterocycles. The van der Waals surface area contributed by atoms with E-state index in [1.807, 2.05) is 4.90 Å². The van der Waals surface area contributed by atoms with Crippen molar-refractivity contribution >= 4 is 35.8 Å². The van der Waals surface area contributed by atoms with E-state index in [4.69, 9.17) is 4.42 Å². The smallest absolute Gasteiger partial charge is 0.289 e. The second kappa shape index (κ2) is 9.45. The standard InChI is InChI=1S/C18H28N4O2.HI/c1-3-6-14-13-15(14)20-18(19-4-2)22-10-8-21(9-11-22)17(23)16-7-5-12-24-16;/h5,7,12,14-15H,3-4,6,8-11,13H2,1-2H3,(H,19,20);1H. The molecule has 6 nitrogen and oxygen atoms in total. The predicted octanol–water partition coefficient (Wildman–Crippen LogP) is 2.81. The van der Waals surface area contributed by atoms with E-state index in [0.717, 1.165) is 31.5 Å². The number of rotatable bonds is 5. The molecule has 1 aliphatic heterocycles. The molecule has 1 amide bonds. The normalized spacial score (nSPS) is 23.2. The van der Waals surface area contributed by atoms with Gasteiger partial charge in [-0.05, 0) is 37.8 Å². The van der Waals surface area contributed by atoms with Crippen molar-refractivity contribution < 1.29 is 9.21 Å². The summed E-state index contributed by atoms with van der Waals surface area (Å²) in [6.45, 7) is 8.10. The van der Waals surface area contributed by atoms with Gasteiger partial charge >= 0.3 is 0 Å². The Morgan fingerprint density at radius 2 is 2.00 bits per heavy atom. The lowest BCUT2D eigenvalue weighted by atomic mass is 10.2. The Morgan fingerprint density at radius 3 is 2.60 bits per heavy atom. The van der Waals surface area contributed by atoms with Gasteiger partial charge in [0.15, 0.2) is 11.7 Å². The lowest BCUT2D eigenvalue weighted by Crippen LogP contribution is -2.54. The molecule has 0 spiro atoms. The average molecular weight is 460 g/mol. The summed E-state index contributed by atoms with van der Waals surface area (Å²) >= 11 is 0. The molecule has 1 saturated heterocycles. The van der Waals surface area contributed by atoms with Gasteiger partial charge < -0.3 is 19.5 Å². The Balaban J connectivity index is 0.00000225. The maximum Gasteiger partial charge on any atom is 0.289 e. The summed E-state index contributed by atoms with van der Waals surface area (Å²) in [7, 11) is 0. The van der Waals surface area contributed by atoms with Crippen LogP contribution in [0.15, 0.2) is 27.8 Å². The highest BCUT2D eigenvalue weighted by Crippen LogP contribution is 2.34. The molecular formula is C18H29IN4O2. The van der Waals surface area contributed by atoms with Crippen molar-refractivity contribution in [2.24, 2.45) is 10.9 Å². The molecule has 2 atom stereocenters. The molecule has 25 heavy (non-hydrogen) atoms. The molecule has 2 aliphatic rings. The van der Waals surface area contributed by atoms with Crippen molar-refractivity contribution in [3.05, 3.63) is 24.2 Å². The van der Waals surface area contributed by atoms with E-state index in [0.29, 0.717) is 24.9 Å². The third-order valence-electron chi connectivity index (χ3n) is 4.80. The molecule has 1 saturated carbocycles. The van der Waals surface area contributed by atoms with Gasteiger partial charge in [-0.1, -0.05) is 13.3 Å². The van der Waals surface area contributed by atoms with Crippen LogP contribution in [0.1, 0.15) is 43.7 Å². The summed E-state index contributed by atoms with van der Waals surface area (Å²) in [4.78, 5) is 21.1. The first-order chi connectivity index (χ1) is 11.7. The van der Waals surface area contributed by atoms with Crippen LogP contribution in [0.5, 0.6) is 0 Å². The summed E-state index contributed by atoms with van der Waals surface area (Å²) in [6.07, 6.45) is 5.34. The second-order valence-corrected chi connectivity index (χ2v) is 6.59. The van der Waals surface area contributed by atoms with Crippen LogP contribution < -0.4 is 5.32 Å². The lowest BCUT2D eigenvalue weighted by molar-refractivity contribution is 0.0657. The number of hydrogen-bond acceptors (Lipinski definition) is 3. The van der Waals surface area contributed by atoms with Crippen LogP contribution in [-0.4, -0.2) is 60.4 Å². The summed E-state index contributed by atoms with van der Waals surface area (Å²) in [5.41, 5.74) is 0. The Kier molecular flexibility index (Phi) is 7.58. The van der Waals surface area contributed by atoms with E-state index < -0.39 is 0 Å². The van der Waals surface area contributed by atoms with Crippen molar-refractivity contribution in [3.63, 3.8) is 0 Å². The highest BCUT2D eigenvalue weighted by atomic mass is 127. The van der Waals surface area contributed by atoms with E-state index in [1.54, 1.807) is 18.4 Å². The zero-order valence-corrected chi connectivity index (χ0v) is 17.4. The fourth-order valence-corrected chi connectivity index (χ4v) is 3.34. The molecule has 3 rings (SSSR count). The fraction of sp³-hybridized carbons (Fsp3) is 0.667. The zero-order chi connectivity index (χ0) is 16.9. The summed E-state index contributed by atoms with van der Waals surface area (Å²) in [5, 5.41) is 3.62. The minimum atomic E-state index is -0.0215. The summed E-state index contributed by atoms with van der Waals surface area (Å²) in [5.74, 6) is 2.21. The van der Waals surface area contributed by atoms with E-state index in [1.165, 1.54) is 19.3 Å². The molecule has 2 fully saturated rings. The van der Waals surface area contributed by atoms with Crippen LogP contribution in [0.25, 0.3) is 0 Å². The predicted molar refractivity (Wildman–Crippen MR) is 110 cm³/mol. The molecule has 1 N–H and O–H groups in total. The fourth-order valence-electron chi connectivity index (χ4n) is 3.34. The van der Waals surface area contributed by atoms with Crippen molar-refractivity contribution in [2.75, 3.05) is 32.7 Å². The van der Waals surface area contributed by atoms with Crippen LogP contribution in [0.4, 0.5) is 0 Å². The van der Waals surface area contributed by atoms with Gasteiger partial charge in [0.2, 0.25) is 0 Å². The highest BCUT2D eigenvalue weighted by Gasteiger charge is 2.37. The van der Waals surface area contributed by atoms with E-state index >= 15 is 0 Å². The number of hydrogen-bond donors (Lipinski definition) is 1. The highest BCUT2D eigenvalue weighted by molar-refractivity contribution is 14.0. The number of carbonyl (C=O) groups excluding carboxylic acids is 1. The van der Waals surface area contributed by atoms with E-state index in [2.05, 4.69) is 29.1 Å². The SMILES string of the molecule is CCCC1CC1NC(=NCC)N1CCN(C(=O)c2ccco2)CC1.I. The van der Waals surface area contributed by atoms with Gasteiger partial charge in [0, 0.05) is 38.8 Å². The minimum absolute atomic E-state index is 0. The van der Waals surface area contributed by atoms with Gasteiger partial charge in [-0.15, -0.1) is 24.0 Å². The van der Waals surface area contributed by atoms with Gasteiger partial charge in [-0.2, -0.15) is 0 Å². The summed E-state index contributed by atoms with van der Waals surface area (Å²) in [6, 6.07) is 4.06. The van der Waals surface area contributed by atoms with Crippen LogP contribution >= 0.6 is 24.0 Å². The van der Waals surface area contributed by atoms with E-state index in [-0.39, 0.29) is 29.9 Å². The van der Waals surface area contributed by atoms with Crippen molar-refractivity contribution in [3.8, 4) is 0 Å². The second-order valence-electron chi connectivity index (χ2n) is 6.59. The van der Waals surface area contributed by atoms with Crippen molar-refractivity contribution in [1.82, 2.24) is 15.1 Å². The van der Waals surface area contributed by atoms with E-state index in [9.17, 15) is 4.79 Å². The van der Waals surface area contributed by atoms with Crippen molar-refractivity contribution in [2.45, 2.75) is 39.2 Å². The molecule has 2 unspecified atom stereocenters. The maximum atomic E-state index is 12.3. The molecule has 1 aliphatic carbocycles. The molecular weight excluding hydrogens is 431 g/mol. The average Bonchev–Trinajstić information content (AvgIpc) is 3.11. The first-order valence-electron chi connectivity index (χ1n) is 9.11. The number of nitrogens with zero attached hydrogens (tertiary/aromatic N) is 3. The number of guanidine groups is 1. The molecule has 7 heteroatoms. The number of furan rings is 1. The zero-order valence-electron chi connectivity index (χ0n) is 15.1. The number of piperazine rings is 1. The summed E-state index contributed by atoms with van der Waals surface area (Å²) < 4.78 is 5.22. The van der Waals surface area contributed by atoms with Gasteiger partial charge in [-0.3, -0.25) is 9.79 Å². The van der Waals surface area contributed by atoms with Crippen LogP contribution in [0, 0.1) is 5.92 Å². The molecule has 0 radical (unpaired) electrons. The quantitative estimate of drug-likeness (QED) is 0.417. The van der Waals surface area contributed by atoms with Gasteiger partial charge in [0.1, 0.15) is 0 Å². The third-order valence-corrected chi connectivity index (χ3v) is 4.80. The number of amides is 1. The lowest BCUT2D eigenvalue weighted by Gasteiger charge is -2.36.